The van der Waals surface area contributed by atoms with Gasteiger partial charge in [0, 0.05) is 6.04 Å². The highest BCUT2D eigenvalue weighted by Gasteiger charge is 2.33. The van der Waals surface area contributed by atoms with Crippen molar-refractivity contribution in [1.82, 2.24) is 15.6 Å². The van der Waals surface area contributed by atoms with Crippen LogP contribution in [-0.2, 0) is 25.8 Å². The number of hydrogen-bond donors (Lipinski definition) is 3. The van der Waals surface area contributed by atoms with E-state index in [2.05, 4.69) is 5.32 Å². The van der Waals surface area contributed by atoms with Crippen molar-refractivity contribution < 1.29 is 31.2 Å². The highest BCUT2D eigenvalue weighted by Crippen LogP contribution is 2.33. The summed E-state index contributed by atoms with van der Waals surface area (Å²) < 4.78 is 61.9. The van der Waals surface area contributed by atoms with Gasteiger partial charge < -0.3 is 5.32 Å². The van der Waals surface area contributed by atoms with Gasteiger partial charge in [-0.3, -0.25) is 15.0 Å². The summed E-state index contributed by atoms with van der Waals surface area (Å²) in [7, 11) is -4.62. The second kappa shape index (κ2) is 7.36. The van der Waals surface area contributed by atoms with E-state index in [0.717, 1.165) is 6.07 Å². The van der Waals surface area contributed by atoms with Gasteiger partial charge in [0.1, 0.15) is 4.90 Å². The molecule has 3 N–H and O–H groups in total. The van der Waals surface area contributed by atoms with Crippen LogP contribution in [0, 0.1) is 0 Å². The van der Waals surface area contributed by atoms with Crippen molar-refractivity contribution in [2.24, 2.45) is 0 Å². The zero-order valence-electron chi connectivity index (χ0n) is 12.4. The van der Waals surface area contributed by atoms with Crippen molar-refractivity contribution >= 4 is 33.4 Å². The monoisotopic (exact) mass is 387 g/mol. The summed E-state index contributed by atoms with van der Waals surface area (Å²) in [5.41, 5.74) is 0.343. The first kappa shape index (κ1) is 20.2. The molecule has 1 aromatic carbocycles. The Bertz CT molecular complexity index is 750. The Morgan fingerprint density at radius 3 is 2.25 bits per heavy atom. The van der Waals surface area contributed by atoms with Crippen molar-refractivity contribution in [2.75, 3.05) is 0 Å². The van der Waals surface area contributed by atoms with E-state index in [1.807, 2.05) is 0 Å². The minimum atomic E-state index is -4.78. The zero-order valence-corrected chi connectivity index (χ0v) is 13.9. The molecule has 2 amide bonds. The van der Waals surface area contributed by atoms with E-state index in [9.17, 15) is 31.2 Å². The third kappa shape index (κ3) is 5.35. The van der Waals surface area contributed by atoms with Gasteiger partial charge >= 0.3 is 18.0 Å². The van der Waals surface area contributed by atoms with Crippen LogP contribution in [0.3, 0.4) is 0 Å². The van der Waals surface area contributed by atoms with Gasteiger partial charge in [0.05, 0.1) is 10.6 Å². The van der Waals surface area contributed by atoms with E-state index in [0.29, 0.717) is 12.1 Å². The van der Waals surface area contributed by atoms with Crippen molar-refractivity contribution in [3.63, 3.8) is 0 Å². The SMILES string of the molecule is CC(C)NC(=O)C(=O)NNS(=O)(=O)c1cc(C(F)(F)F)ccc1Cl. The maximum atomic E-state index is 12.6. The molecule has 24 heavy (non-hydrogen) atoms. The van der Waals surface area contributed by atoms with Crippen LogP contribution in [0.5, 0.6) is 0 Å². The van der Waals surface area contributed by atoms with Gasteiger partial charge in [0.15, 0.2) is 0 Å². The van der Waals surface area contributed by atoms with Crippen molar-refractivity contribution in [3.8, 4) is 0 Å². The molecule has 0 aliphatic rings. The molecule has 1 rings (SSSR count). The average molecular weight is 388 g/mol. The van der Waals surface area contributed by atoms with Crippen molar-refractivity contribution in [3.05, 3.63) is 28.8 Å². The Morgan fingerprint density at radius 2 is 1.75 bits per heavy atom. The number of carbonyl (C=O) groups is 2. The predicted octanol–water partition coefficient (Wildman–Crippen LogP) is 1.19. The first-order valence-corrected chi connectivity index (χ1v) is 8.20. The van der Waals surface area contributed by atoms with Crippen LogP contribution >= 0.6 is 11.6 Å². The van der Waals surface area contributed by atoms with E-state index in [4.69, 9.17) is 11.6 Å². The summed E-state index contributed by atoms with van der Waals surface area (Å²) in [5, 5.41) is 1.71. The number of nitrogens with one attached hydrogen (secondary N) is 3. The third-order valence-electron chi connectivity index (χ3n) is 2.47. The number of alkyl halides is 3. The summed E-state index contributed by atoms with van der Waals surface area (Å²) in [6, 6.07) is 1.30. The Labute approximate surface area is 140 Å². The first-order valence-electron chi connectivity index (χ1n) is 6.34. The Morgan fingerprint density at radius 1 is 1.17 bits per heavy atom. The second-order valence-corrected chi connectivity index (χ2v) is 6.89. The summed E-state index contributed by atoms with van der Waals surface area (Å²) in [5.74, 6) is -2.46. The molecule has 0 heterocycles. The minimum absolute atomic E-state index is 0.311. The van der Waals surface area contributed by atoms with Gasteiger partial charge in [-0.1, -0.05) is 11.6 Å². The fraction of sp³-hybridized carbons (Fsp3) is 0.333. The molecule has 0 bridgehead atoms. The molecule has 0 spiro atoms. The van der Waals surface area contributed by atoms with Crippen LogP contribution in [0.1, 0.15) is 19.4 Å². The van der Waals surface area contributed by atoms with Gasteiger partial charge in [-0.25, -0.2) is 8.42 Å². The molecule has 0 aliphatic carbocycles. The lowest BCUT2D eigenvalue weighted by Gasteiger charge is -2.13. The van der Waals surface area contributed by atoms with E-state index in [1.54, 1.807) is 19.3 Å². The van der Waals surface area contributed by atoms with Crippen LogP contribution < -0.4 is 15.6 Å². The molecule has 0 radical (unpaired) electrons. The van der Waals surface area contributed by atoms with Gasteiger partial charge in [-0.2, -0.15) is 13.2 Å². The first-order chi connectivity index (χ1) is 10.8. The molecule has 0 saturated heterocycles. The molecule has 0 aromatic heterocycles. The lowest BCUT2D eigenvalue weighted by Crippen LogP contribution is -2.49. The highest BCUT2D eigenvalue weighted by atomic mass is 35.5. The topological polar surface area (TPSA) is 104 Å². The number of halogens is 4. The van der Waals surface area contributed by atoms with Crippen molar-refractivity contribution in [1.29, 1.82) is 0 Å². The molecule has 1 aromatic rings. The van der Waals surface area contributed by atoms with Crippen LogP contribution in [0.4, 0.5) is 13.2 Å². The quantitative estimate of drug-likeness (QED) is 0.533. The molecule has 12 heteroatoms. The molecule has 0 aliphatic heterocycles. The molecule has 7 nitrogen and oxygen atoms in total. The Hall–Kier alpha value is -1.85. The molecular weight excluding hydrogens is 375 g/mol. The maximum Gasteiger partial charge on any atom is 0.416 e. The normalized spacial score (nSPS) is 12.1. The molecular formula is C12H13ClF3N3O4S. The number of rotatable bonds is 4. The lowest BCUT2D eigenvalue weighted by molar-refractivity contribution is -0.139. The molecule has 0 unspecified atom stereocenters. The summed E-state index contributed by atoms with van der Waals surface area (Å²) in [6.45, 7) is 3.13. The number of carbonyl (C=O) groups excluding carboxylic acids is 2. The van der Waals surface area contributed by atoms with E-state index >= 15 is 0 Å². The van der Waals surface area contributed by atoms with Crippen LogP contribution in [0.25, 0.3) is 0 Å². The summed E-state index contributed by atoms with van der Waals surface area (Å²) in [6.07, 6.45) is -4.78. The smallest absolute Gasteiger partial charge is 0.346 e. The molecule has 0 fully saturated rings. The largest absolute Gasteiger partial charge is 0.416 e. The van der Waals surface area contributed by atoms with Gasteiger partial charge in [-0.05, 0) is 32.0 Å². The number of amides is 2. The Kier molecular flexibility index (Phi) is 6.20. The van der Waals surface area contributed by atoms with Crippen molar-refractivity contribution in [2.45, 2.75) is 31.0 Å². The van der Waals surface area contributed by atoms with Gasteiger partial charge in [0.2, 0.25) is 0 Å². The van der Waals surface area contributed by atoms with E-state index in [-0.39, 0.29) is 6.04 Å². The fourth-order valence-electron chi connectivity index (χ4n) is 1.44. The molecule has 0 saturated carbocycles. The standard InChI is InChI=1S/C12H13ClF3N3O4S/c1-6(2)17-10(20)11(21)18-19-24(22,23)9-5-7(12(14,15)16)3-4-8(9)13/h3-6,19H,1-2H3,(H,17,20)(H,18,21). The predicted molar refractivity (Wildman–Crippen MR) is 78.2 cm³/mol. The van der Waals surface area contributed by atoms with E-state index in [1.165, 1.54) is 4.83 Å². The molecule has 0 atom stereocenters. The highest BCUT2D eigenvalue weighted by molar-refractivity contribution is 7.89. The number of benzene rings is 1. The Balaban J connectivity index is 2.97. The summed E-state index contributed by atoms with van der Waals surface area (Å²) >= 11 is 5.60. The summed E-state index contributed by atoms with van der Waals surface area (Å²) in [4.78, 5) is 23.3. The maximum absolute atomic E-state index is 12.6. The van der Waals surface area contributed by atoms with Gasteiger partial charge in [-0.15, -0.1) is 4.83 Å². The average Bonchev–Trinajstić information content (AvgIpc) is 2.43. The molecule has 134 valence electrons. The van der Waals surface area contributed by atoms with Gasteiger partial charge in [0.25, 0.3) is 10.0 Å². The number of sulfonamides is 1. The van der Waals surface area contributed by atoms with Crippen LogP contribution in [0.2, 0.25) is 5.02 Å². The number of hydrazine groups is 1. The fourth-order valence-corrected chi connectivity index (χ4v) is 2.80. The second-order valence-electron chi connectivity index (χ2n) is 4.83. The lowest BCUT2D eigenvalue weighted by atomic mass is 10.2. The van der Waals surface area contributed by atoms with E-state index < -0.39 is 43.5 Å². The zero-order chi connectivity index (χ0) is 18.7. The number of hydrogen-bond acceptors (Lipinski definition) is 4. The third-order valence-corrected chi connectivity index (χ3v) is 4.20. The van der Waals surface area contributed by atoms with Crippen LogP contribution in [0.15, 0.2) is 23.1 Å². The van der Waals surface area contributed by atoms with Crippen LogP contribution in [-0.4, -0.2) is 26.3 Å². The minimum Gasteiger partial charge on any atom is -0.346 e.